The van der Waals surface area contributed by atoms with Crippen molar-refractivity contribution in [2.24, 2.45) is 17.8 Å². The number of amides is 2. The lowest BCUT2D eigenvalue weighted by atomic mass is 9.53. The van der Waals surface area contributed by atoms with Gasteiger partial charge in [0.1, 0.15) is 6.10 Å². The van der Waals surface area contributed by atoms with Crippen molar-refractivity contribution in [3.63, 3.8) is 0 Å². The standard InChI is InChI=1S/C20H27ClN2O2/c1-25-18(16-4-2-3-5-17(16)21)12-22-19(24)23-20-9-13-6-14(10-20)8-15(7-13)11-20/h2-5,13-15,18H,6-12H2,1H3,(H2,22,23,24). The number of rotatable bonds is 5. The zero-order chi connectivity index (χ0) is 17.4. The number of urea groups is 1. The molecule has 4 aliphatic carbocycles. The molecule has 4 nitrogen and oxygen atoms in total. The van der Waals surface area contributed by atoms with Crippen LogP contribution < -0.4 is 10.6 Å². The molecule has 1 unspecified atom stereocenters. The van der Waals surface area contributed by atoms with Crippen molar-refractivity contribution in [2.75, 3.05) is 13.7 Å². The summed E-state index contributed by atoms with van der Waals surface area (Å²) in [6, 6.07) is 7.54. The van der Waals surface area contributed by atoms with Crippen LogP contribution in [0, 0.1) is 17.8 Å². The van der Waals surface area contributed by atoms with Crippen LogP contribution in [0.3, 0.4) is 0 Å². The van der Waals surface area contributed by atoms with Crippen molar-refractivity contribution in [2.45, 2.75) is 50.2 Å². The van der Waals surface area contributed by atoms with E-state index in [9.17, 15) is 4.79 Å². The molecule has 2 amide bonds. The third-order valence-corrected chi connectivity index (χ3v) is 6.75. The third-order valence-electron chi connectivity index (χ3n) is 6.40. The van der Waals surface area contributed by atoms with Crippen LogP contribution in [0.2, 0.25) is 5.02 Å². The Labute approximate surface area is 154 Å². The SMILES string of the molecule is COC(CNC(=O)NC12CC3CC(CC(C3)C1)C2)c1ccccc1Cl. The predicted octanol–water partition coefficient (Wildman–Crippen LogP) is 4.30. The summed E-state index contributed by atoms with van der Waals surface area (Å²) in [4.78, 5) is 12.6. The number of halogens is 1. The van der Waals surface area contributed by atoms with E-state index in [4.69, 9.17) is 16.3 Å². The molecule has 1 aromatic carbocycles. The number of carbonyl (C=O) groups is 1. The van der Waals surface area contributed by atoms with E-state index >= 15 is 0 Å². The van der Waals surface area contributed by atoms with Crippen LogP contribution in [-0.2, 0) is 4.74 Å². The molecule has 4 saturated carbocycles. The number of carbonyl (C=O) groups excluding carboxylic acids is 1. The largest absolute Gasteiger partial charge is 0.375 e. The molecule has 4 bridgehead atoms. The highest BCUT2D eigenvalue weighted by Crippen LogP contribution is 2.55. The molecule has 1 atom stereocenters. The molecule has 0 heterocycles. The van der Waals surface area contributed by atoms with Gasteiger partial charge in [-0.05, 0) is 62.3 Å². The Bertz CT molecular complexity index is 613. The summed E-state index contributed by atoms with van der Waals surface area (Å²) >= 11 is 6.25. The van der Waals surface area contributed by atoms with Gasteiger partial charge in [-0.15, -0.1) is 0 Å². The van der Waals surface area contributed by atoms with E-state index in [1.807, 2.05) is 24.3 Å². The summed E-state index contributed by atoms with van der Waals surface area (Å²) in [5.41, 5.74) is 0.938. The maximum atomic E-state index is 12.6. The second-order valence-corrected chi connectivity index (χ2v) is 8.69. The van der Waals surface area contributed by atoms with Crippen molar-refractivity contribution in [3.8, 4) is 0 Å². The molecule has 1 aromatic rings. The Morgan fingerprint density at radius 2 is 1.80 bits per heavy atom. The van der Waals surface area contributed by atoms with Gasteiger partial charge >= 0.3 is 6.03 Å². The molecule has 0 aromatic heterocycles. The van der Waals surface area contributed by atoms with Gasteiger partial charge in [-0.3, -0.25) is 0 Å². The molecule has 0 saturated heterocycles. The number of methoxy groups -OCH3 is 1. The molecule has 136 valence electrons. The highest BCUT2D eigenvalue weighted by atomic mass is 35.5. The van der Waals surface area contributed by atoms with E-state index < -0.39 is 0 Å². The van der Waals surface area contributed by atoms with Crippen molar-refractivity contribution < 1.29 is 9.53 Å². The van der Waals surface area contributed by atoms with Crippen LogP contribution in [0.1, 0.15) is 50.2 Å². The van der Waals surface area contributed by atoms with Crippen LogP contribution >= 0.6 is 11.6 Å². The van der Waals surface area contributed by atoms with Crippen LogP contribution in [0.15, 0.2) is 24.3 Å². The van der Waals surface area contributed by atoms with E-state index in [-0.39, 0.29) is 17.7 Å². The number of hydrogen-bond donors (Lipinski definition) is 2. The van der Waals surface area contributed by atoms with E-state index in [2.05, 4.69) is 10.6 Å². The monoisotopic (exact) mass is 362 g/mol. The topological polar surface area (TPSA) is 50.4 Å². The fraction of sp³-hybridized carbons (Fsp3) is 0.650. The van der Waals surface area contributed by atoms with E-state index in [0.29, 0.717) is 11.6 Å². The quantitative estimate of drug-likeness (QED) is 0.820. The summed E-state index contributed by atoms with van der Waals surface area (Å²) in [5.74, 6) is 2.46. The molecule has 4 fully saturated rings. The molecule has 5 heteroatoms. The van der Waals surface area contributed by atoms with Gasteiger partial charge in [0, 0.05) is 29.8 Å². The number of hydrogen-bond acceptors (Lipinski definition) is 2. The maximum absolute atomic E-state index is 12.6. The van der Waals surface area contributed by atoms with Gasteiger partial charge < -0.3 is 15.4 Å². The van der Waals surface area contributed by atoms with Gasteiger partial charge in [0.25, 0.3) is 0 Å². The fourth-order valence-electron chi connectivity index (χ4n) is 5.79. The van der Waals surface area contributed by atoms with E-state index in [1.165, 1.54) is 19.3 Å². The average Bonchev–Trinajstić information content (AvgIpc) is 2.55. The maximum Gasteiger partial charge on any atom is 0.315 e. The average molecular weight is 363 g/mol. The number of ether oxygens (including phenoxy) is 1. The highest BCUT2D eigenvalue weighted by molar-refractivity contribution is 6.31. The van der Waals surface area contributed by atoms with Crippen molar-refractivity contribution >= 4 is 17.6 Å². The first-order chi connectivity index (χ1) is 12.1. The fourth-order valence-corrected chi connectivity index (χ4v) is 6.05. The Balaban J connectivity index is 1.35. The van der Waals surface area contributed by atoms with Crippen molar-refractivity contribution in [1.82, 2.24) is 10.6 Å². The Kier molecular flexibility index (Phi) is 4.67. The summed E-state index contributed by atoms with van der Waals surface area (Å²) in [6.45, 7) is 0.415. The zero-order valence-electron chi connectivity index (χ0n) is 14.8. The molecule has 4 aliphatic rings. The zero-order valence-corrected chi connectivity index (χ0v) is 15.5. The lowest BCUT2D eigenvalue weighted by Crippen LogP contribution is -2.61. The summed E-state index contributed by atoms with van der Waals surface area (Å²) in [7, 11) is 1.65. The van der Waals surface area contributed by atoms with Crippen molar-refractivity contribution in [1.29, 1.82) is 0 Å². The summed E-state index contributed by atoms with van der Waals surface area (Å²) in [5, 5.41) is 7.00. The highest BCUT2D eigenvalue weighted by Gasteiger charge is 2.51. The third kappa shape index (κ3) is 3.52. The lowest BCUT2D eigenvalue weighted by Gasteiger charge is -2.56. The first kappa shape index (κ1) is 17.2. The molecule has 2 N–H and O–H groups in total. The van der Waals surface area contributed by atoms with Crippen molar-refractivity contribution in [3.05, 3.63) is 34.9 Å². The van der Waals surface area contributed by atoms with Gasteiger partial charge in [-0.25, -0.2) is 4.79 Å². The first-order valence-electron chi connectivity index (χ1n) is 9.40. The molecule has 25 heavy (non-hydrogen) atoms. The number of benzene rings is 1. The molecule has 0 radical (unpaired) electrons. The molecular formula is C20H27ClN2O2. The van der Waals surface area contributed by atoms with Crippen LogP contribution in [0.5, 0.6) is 0 Å². The van der Waals surface area contributed by atoms with Crippen LogP contribution in [0.25, 0.3) is 0 Å². The summed E-state index contributed by atoms with van der Waals surface area (Å²) < 4.78 is 5.53. The van der Waals surface area contributed by atoms with Gasteiger partial charge in [0.15, 0.2) is 0 Å². The molecule has 5 rings (SSSR count). The predicted molar refractivity (Wildman–Crippen MR) is 98.6 cm³/mol. The van der Waals surface area contributed by atoms with E-state index in [0.717, 1.165) is 42.6 Å². The minimum Gasteiger partial charge on any atom is -0.375 e. The van der Waals surface area contributed by atoms with Gasteiger partial charge in [-0.2, -0.15) is 0 Å². The molecule has 0 aliphatic heterocycles. The number of nitrogens with one attached hydrogen (secondary N) is 2. The minimum atomic E-state index is -0.240. The molecular weight excluding hydrogens is 336 g/mol. The second kappa shape index (κ2) is 6.81. The minimum absolute atomic E-state index is 0.0335. The first-order valence-corrected chi connectivity index (χ1v) is 9.78. The van der Waals surface area contributed by atoms with E-state index in [1.54, 1.807) is 7.11 Å². The molecule has 0 spiro atoms. The summed E-state index contributed by atoms with van der Waals surface area (Å²) in [6.07, 6.45) is 7.36. The smallest absolute Gasteiger partial charge is 0.315 e. The van der Waals surface area contributed by atoms with Gasteiger partial charge in [0.05, 0.1) is 0 Å². The normalized spacial score (nSPS) is 33.9. The van der Waals surface area contributed by atoms with Crippen LogP contribution in [-0.4, -0.2) is 25.2 Å². The Morgan fingerprint density at radius 1 is 1.20 bits per heavy atom. The van der Waals surface area contributed by atoms with Crippen LogP contribution in [0.4, 0.5) is 4.79 Å². The Morgan fingerprint density at radius 3 is 2.36 bits per heavy atom. The van der Waals surface area contributed by atoms with Gasteiger partial charge in [-0.1, -0.05) is 29.8 Å². The Hall–Kier alpha value is -1.26. The lowest BCUT2D eigenvalue weighted by molar-refractivity contribution is -0.0137. The second-order valence-electron chi connectivity index (χ2n) is 8.28. The van der Waals surface area contributed by atoms with Gasteiger partial charge in [0.2, 0.25) is 0 Å².